The van der Waals surface area contributed by atoms with Crippen molar-refractivity contribution in [2.24, 2.45) is 4.99 Å². The molecular weight excluding hydrogens is 518 g/mol. The lowest BCUT2D eigenvalue weighted by atomic mass is 10.0. The van der Waals surface area contributed by atoms with Gasteiger partial charge in [-0.25, -0.2) is 9.79 Å². The van der Waals surface area contributed by atoms with Crippen LogP contribution in [0.15, 0.2) is 112 Å². The van der Waals surface area contributed by atoms with Gasteiger partial charge in [-0.15, -0.1) is 0 Å². The van der Waals surface area contributed by atoms with Crippen molar-refractivity contribution in [3.63, 3.8) is 0 Å². The first-order chi connectivity index (χ1) is 17.6. The predicted molar refractivity (Wildman–Crippen MR) is 144 cm³/mol. The number of aliphatic imine (C=N–C) groups is 1. The molecule has 0 spiro atoms. The Bertz CT molecular complexity index is 1460. The van der Waals surface area contributed by atoms with Crippen molar-refractivity contribution in [1.82, 2.24) is 0 Å². The summed E-state index contributed by atoms with van der Waals surface area (Å²) in [6, 6.07) is 31.2. The first kappa shape index (κ1) is 23.6. The summed E-state index contributed by atoms with van der Waals surface area (Å²) in [5, 5.41) is 0. The van der Waals surface area contributed by atoms with Crippen molar-refractivity contribution in [2.45, 2.75) is 6.61 Å². The molecule has 0 amide bonds. The highest BCUT2D eigenvalue weighted by Gasteiger charge is 2.25. The van der Waals surface area contributed by atoms with Gasteiger partial charge in [0.2, 0.25) is 5.90 Å². The average molecular weight is 540 g/mol. The SMILES string of the molecule is COc1cccc(/C=C2\N=C(c3ccc(-c4ccccc4)cc3)OC2=O)c1OCc1ccccc1Br. The second-order valence-corrected chi connectivity index (χ2v) is 8.89. The van der Waals surface area contributed by atoms with E-state index in [1.54, 1.807) is 13.2 Å². The van der Waals surface area contributed by atoms with Crippen LogP contribution < -0.4 is 9.47 Å². The minimum atomic E-state index is -0.517. The fourth-order valence-electron chi connectivity index (χ4n) is 3.84. The lowest BCUT2D eigenvalue weighted by Crippen LogP contribution is -2.05. The quantitative estimate of drug-likeness (QED) is 0.186. The lowest BCUT2D eigenvalue weighted by Gasteiger charge is -2.14. The Kier molecular flexibility index (Phi) is 6.96. The Balaban J connectivity index is 1.42. The molecule has 0 bridgehead atoms. The number of methoxy groups -OCH3 is 1. The molecule has 6 heteroatoms. The van der Waals surface area contributed by atoms with E-state index < -0.39 is 5.97 Å². The van der Waals surface area contributed by atoms with Gasteiger partial charge in [-0.05, 0) is 41.5 Å². The highest BCUT2D eigenvalue weighted by Crippen LogP contribution is 2.35. The molecule has 1 aliphatic heterocycles. The van der Waals surface area contributed by atoms with E-state index in [2.05, 4.69) is 20.9 Å². The third kappa shape index (κ3) is 5.09. The van der Waals surface area contributed by atoms with Crippen molar-refractivity contribution in [1.29, 1.82) is 0 Å². The Labute approximate surface area is 217 Å². The summed E-state index contributed by atoms with van der Waals surface area (Å²) in [6.45, 7) is 0.324. The van der Waals surface area contributed by atoms with Gasteiger partial charge < -0.3 is 14.2 Å². The lowest BCUT2D eigenvalue weighted by molar-refractivity contribution is -0.129. The minimum Gasteiger partial charge on any atom is -0.493 e. The van der Waals surface area contributed by atoms with Crippen LogP contribution in [0.5, 0.6) is 11.5 Å². The van der Waals surface area contributed by atoms with Gasteiger partial charge in [0.05, 0.1) is 7.11 Å². The third-order valence-corrected chi connectivity index (χ3v) is 6.48. The number of ether oxygens (including phenoxy) is 3. The molecule has 178 valence electrons. The monoisotopic (exact) mass is 539 g/mol. The van der Waals surface area contributed by atoms with Crippen LogP contribution in [-0.2, 0) is 16.1 Å². The highest BCUT2D eigenvalue weighted by atomic mass is 79.9. The molecule has 1 heterocycles. The van der Waals surface area contributed by atoms with Crippen molar-refractivity contribution in [3.05, 3.63) is 124 Å². The van der Waals surface area contributed by atoms with Gasteiger partial charge in [-0.2, -0.15) is 0 Å². The molecule has 0 N–H and O–H groups in total. The van der Waals surface area contributed by atoms with Crippen LogP contribution in [-0.4, -0.2) is 19.0 Å². The van der Waals surface area contributed by atoms with Crippen molar-refractivity contribution < 1.29 is 19.0 Å². The molecule has 5 rings (SSSR count). The summed E-state index contributed by atoms with van der Waals surface area (Å²) in [6.07, 6.45) is 1.66. The first-order valence-corrected chi connectivity index (χ1v) is 12.1. The Morgan fingerprint density at radius 2 is 1.53 bits per heavy atom. The molecule has 1 aliphatic rings. The van der Waals surface area contributed by atoms with E-state index in [4.69, 9.17) is 14.2 Å². The first-order valence-electron chi connectivity index (χ1n) is 11.3. The highest BCUT2D eigenvalue weighted by molar-refractivity contribution is 9.10. The number of nitrogens with zero attached hydrogens (tertiary/aromatic N) is 1. The number of halogens is 1. The van der Waals surface area contributed by atoms with E-state index in [0.29, 0.717) is 23.7 Å². The Hall–Kier alpha value is -4.16. The smallest absolute Gasteiger partial charge is 0.363 e. The normalized spacial score (nSPS) is 13.9. The van der Waals surface area contributed by atoms with Gasteiger partial charge >= 0.3 is 5.97 Å². The summed E-state index contributed by atoms with van der Waals surface area (Å²) in [5.74, 6) is 0.830. The van der Waals surface area contributed by atoms with Crippen LogP contribution in [0.25, 0.3) is 17.2 Å². The van der Waals surface area contributed by atoms with Crippen LogP contribution in [0.1, 0.15) is 16.7 Å². The number of hydrogen-bond acceptors (Lipinski definition) is 5. The number of para-hydroxylation sites is 1. The number of esters is 1. The molecular formula is C30H22BrNO4. The van der Waals surface area contributed by atoms with Crippen molar-refractivity contribution >= 4 is 33.9 Å². The number of hydrogen-bond donors (Lipinski definition) is 0. The van der Waals surface area contributed by atoms with Gasteiger partial charge in [-0.3, -0.25) is 0 Å². The largest absolute Gasteiger partial charge is 0.493 e. The molecule has 0 fully saturated rings. The van der Waals surface area contributed by atoms with Crippen molar-refractivity contribution in [3.8, 4) is 22.6 Å². The topological polar surface area (TPSA) is 57.1 Å². The standard InChI is InChI=1S/C30H22BrNO4/c1-34-27-13-7-11-23(28(27)35-19-24-10-5-6-12-25(24)31)18-26-30(33)36-29(32-26)22-16-14-21(15-17-22)20-8-3-2-4-9-20/h2-18H,19H2,1H3/b26-18-. The van der Waals surface area contributed by atoms with Crippen LogP contribution in [0.4, 0.5) is 0 Å². The Morgan fingerprint density at radius 1 is 0.833 bits per heavy atom. The number of carbonyl (C=O) groups is 1. The zero-order valence-electron chi connectivity index (χ0n) is 19.5. The van der Waals surface area contributed by atoms with E-state index in [0.717, 1.165) is 26.7 Å². The molecule has 0 unspecified atom stereocenters. The Morgan fingerprint density at radius 3 is 2.28 bits per heavy atom. The zero-order chi connectivity index (χ0) is 24.9. The number of cyclic esters (lactones) is 1. The van der Waals surface area contributed by atoms with Gasteiger partial charge in [0, 0.05) is 21.2 Å². The molecule has 0 atom stereocenters. The number of carbonyl (C=O) groups excluding carboxylic acids is 1. The van der Waals surface area contributed by atoms with Gasteiger partial charge in [0.25, 0.3) is 0 Å². The number of rotatable bonds is 7. The van der Waals surface area contributed by atoms with Crippen LogP contribution in [0.2, 0.25) is 0 Å². The maximum atomic E-state index is 12.7. The predicted octanol–water partition coefficient (Wildman–Crippen LogP) is 7.05. The third-order valence-electron chi connectivity index (χ3n) is 5.71. The molecule has 5 nitrogen and oxygen atoms in total. The molecule has 0 aromatic heterocycles. The van der Waals surface area contributed by atoms with E-state index in [-0.39, 0.29) is 11.6 Å². The summed E-state index contributed by atoms with van der Waals surface area (Å²) in [5.41, 5.74) is 4.75. The van der Waals surface area contributed by atoms with E-state index >= 15 is 0 Å². The number of benzene rings is 4. The van der Waals surface area contributed by atoms with Gasteiger partial charge in [-0.1, -0.05) is 88.7 Å². The zero-order valence-corrected chi connectivity index (χ0v) is 21.1. The van der Waals surface area contributed by atoms with Gasteiger partial charge in [0.1, 0.15) is 6.61 Å². The fourth-order valence-corrected chi connectivity index (χ4v) is 4.24. The second kappa shape index (κ2) is 10.6. The summed E-state index contributed by atoms with van der Waals surface area (Å²) in [4.78, 5) is 17.1. The van der Waals surface area contributed by atoms with Crippen LogP contribution >= 0.6 is 15.9 Å². The maximum absolute atomic E-state index is 12.7. The molecule has 0 aliphatic carbocycles. The van der Waals surface area contributed by atoms with E-state index in [1.165, 1.54) is 0 Å². The molecule has 4 aromatic carbocycles. The molecule has 0 radical (unpaired) electrons. The van der Waals surface area contributed by atoms with E-state index in [1.807, 2.05) is 97.1 Å². The molecule has 0 saturated heterocycles. The average Bonchev–Trinajstić information content (AvgIpc) is 3.29. The minimum absolute atomic E-state index is 0.191. The summed E-state index contributed by atoms with van der Waals surface area (Å²) >= 11 is 3.55. The van der Waals surface area contributed by atoms with Gasteiger partial charge in [0.15, 0.2) is 17.2 Å². The molecule has 0 saturated carbocycles. The fraction of sp³-hybridized carbons (Fsp3) is 0.0667. The summed E-state index contributed by atoms with van der Waals surface area (Å²) in [7, 11) is 1.58. The van der Waals surface area contributed by atoms with Crippen molar-refractivity contribution in [2.75, 3.05) is 7.11 Å². The van der Waals surface area contributed by atoms with Crippen LogP contribution in [0.3, 0.4) is 0 Å². The molecule has 36 heavy (non-hydrogen) atoms. The van der Waals surface area contributed by atoms with Crippen LogP contribution in [0, 0.1) is 0 Å². The maximum Gasteiger partial charge on any atom is 0.363 e. The second-order valence-electron chi connectivity index (χ2n) is 8.04. The van der Waals surface area contributed by atoms with E-state index in [9.17, 15) is 4.79 Å². The molecule has 4 aromatic rings. The summed E-state index contributed by atoms with van der Waals surface area (Å²) < 4.78 is 18.1.